The highest BCUT2D eigenvalue weighted by Gasteiger charge is 2.15. The molecule has 2 nitrogen and oxygen atoms in total. The normalized spacial score (nSPS) is 13.7. The number of rotatable bonds is 2. The molecule has 0 spiro atoms. The molecule has 9 heavy (non-hydrogen) atoms. The van der Waals surface area contributed by atoms with Gasteiger partial charge in [-0.15, -0.1) is 0 Å². The van der Waals surface area contributed by atoms with Gasteiger partial charge in [0.05, 0.1) is 0 Å². The van der Waals surface area contributed by atoms with Crippen LogP contribution in [-0.2, 0) is 4.53 Å². The number of hydrogen-bond acceptors (Lipinski definition) is 2. The molecule has 0 fully saturated rings. The minimum Gasteiger partial charge on any atom is -0.455 e. The summed E-state index contributed by atoms with van der Waals surface area (Å²) in [5, 5.41) is 4.10. The molecule has 0 unspecified atom stereocenters. The predicted octanol–water partition coefficient (Wildman–Crippen LogP) is 2.41. The first-order valence-electron chi connectivity index (χ1n) is 2.80. The molecule has 0 radical (unpaired) electrons. The van der Waals surface area contributed by atoms with Gasteiger partial charge in [0.2, 0.25) is 0 Å². The lowest BCUT2D eigenvalue weighted by atomic mass is 10.9. The summed E-state index contributed by atoms with van der Waals surface area (Å²) in [6.07, 6.45) is 0. The number of oxime groups is 1. The van der Waals surface area contributed by atoms with Crippen LogP contribution in [0.5, 0.6) is 0 Å². The first-order valence-corrected chi connectivity index (χ1v) is 6.59. The number of nitrogens with zero attached hydrogens (tertiary/aromatic N) is 1. The molecule has 0 heterocycles. The summed E-state index contributed by atoms with van der Waals surface area (Å²) < 4.78 is 5.09. The second kappa shape index (κ2) is 3.22. The fourth-order valence-corrected chi connectivity index (χ4v) is 0.703. The third kappa shape index (κ3) is 7.98. The van der Waals surface area contributed by atoms with Gasteiger partial charge in [0.1, 0.15) is 5.17 Å². The average molecular weight is 166 g/mol. The van der Waals surface area contributed by atoms with Gasteiger partial charge in [-0.2, -0.15) is 0 Å². The second-order valence-corrected chi connectivity index (χ2v) is 7.75. The van der Waals surface area contributed by atoms with Crippen molar-refractivity contribution >= 4 is 25.1 Å². The molecule has 0 saturated carbocycles. The molecule has 0 N–H and O–H groups in total. The van der Waals surface area contributed by atoms with E-state index in [9.17, 15) is 0 Å². The lowest BCUT2D eigenvalue weighted by molar-refractivity contribution is 0.336. The van der Waals surface area contributed by atoms with E-state index in [1.54, 1.807) is 6.92 Å². The van der Waals surface area contributed by atoms with Crippen molar-refractivity contribution < 1.29 is 4.53 Å². The van der Waals surface area contributed by atoms with Crippen molar-refractivity contribution in [2.24, 2.45) is 5.16 Å². The molecule has 0 bridgehead atoms. The van der Waals surface area contributed by atoms with Crippen molar-refractivity contribution in [1.82, 2.24) is 0 Å². The van der Waals surface area contributed by atoms with Gasteiger partial charge in [-0.05, 0) is 26.6 Å². The van der Waals surface area contributed by atoms with E-state index in [0.29, 0.717) is 5.17 Å². The summed E-state index contributed by atoms with van der Waals surface area (Å²) >= 11 is 5.43. The van der Waals surface area contributed by atoms with Gasteiger partial charge in [-0.1, -0.05) is 16.8 Å². The Bertz CT molecular complexity index is 115. The monoisotopic (exact) mass is 165 g/mol. The van der Waals surface area contributed by atoms with E-state index < -0.39 is 8.32 Å². The summed E-state index contributed by atoms with van der Waals surface area (Å²) in [5.41, 5.74) is 0. The topological polar surface area (TPSA) is 21.6 Å². The van der Waals surface area contributed by atoms with Crippen LogP contribution in [0.2, 0.25) is 19.6 Å². The van der Waals surface area contributed by atoms with Crippen LogP contribution in [0.15, 0.2) is 5.16 Å². The van der Waals surface area contributed by atoms with Crippen LogP contribution in [0.4, 0.5) is 0 Å². The molecular formula is C5H12ClNOSi. The van der Waals surface area contributed by atoms with Gasteiger partial charge in [0.15, 0.2) is 0 Å². The van der Waals surface area contributed by atoms with Crippen molar-refractivity contribution in [3.05, 3.63) is 0 Å². The van der Waals surface area contributed by atoms with Crippen molar-refractivity contribution in [3.8, 4) is 0 Å². The summed E-state index contributed by atoms with van der Waals surface area (Å²) in [5.74, 6) is 0. The lowest BCUT2D eigenvalue weighted by Crippen LogP contribution is -2.22. The first kappa shape index (κ1) is 8.98. The summed E-state index contributed by atoms with van der Waals surface area (Å²) in [6.45, 7) is 7.85. The first-order chi connectivity index (χ1) is 3.92. The molecule has 0 atom stereocenters. The Hall–Kier alpha value is -0.0231. The molecule has 0 aromatic heterocycles. The van der Waals surface area contributed by atoms with E-state index in [-0.39, 0.29) is 0 Å². The highest BCUT2D eigenvalue weighted by Crippen LogP contribution is 2.03. The minimum absolute atomic E-state index is 0.456. The maximum Gasteiger partial charge on any atom is 0.278 e. The van der Waals surface area contributed by atoms with Crippen molar-refractivity contribution in [1.29, 1.82) is 0 Å². The van der Waals surface area contributed by atoms with Crippen molar-refractivity contribution in [2.45, 2.75) is 26.6 Å². The molecule has 0 saturated heterocycles. The molecule has 0 aliphatic carbocycles. The standard InChI is InChI=1S/C5H12ClNOSi/c1-5(6)7-8-9(2,3)4/h1-4H3/b7-5-. The highest BCUT2D eigenvalue weighted by molar-refractivity contribution is 6.70. The fourth-order valence-electron chi connectivity index (χ4n) is 0.200. The zero-order valence-electron chi connectivity index (χ0n) is 6.23. The Balaban J connectivity index is 3.64. The molecule has 0 aromatic carbocycles. The third-order valence-electron chi connectivity index (χ3n) is 0.445. The summed E-state index contributed by atoms with van der Waals surface area (Å²) in [7, 11) is -1.49. The van der Waals surface area contributed by atoms with Gasteiger partial charge in [-0.25, -0.2) is 0 Å². The predicted molar refractivity (Wildman–Crippen MR) is 43.4 cm³/mol. The van der Waals surface area contributed by atoms with Crippen LogP contribution in [-0.4, -0.2) is 13.5 Å². The Morgan fingerprint density at radius 2 is 1.89 bits per heavy atom. The molecule has 0 aliphatic rings. The molecule has 0 aliphatic heterocycles. The SMILES string of the molecule is C/C(Cl)=N/O[Si](C)(C)C. The fraction of sp³-hybridized carbons (Fsp3) is 0.800. The third-order valence-corrected chi connectivity index (χ3v) is 1.15. The molecule has 0 rings (SSSR count). The van der Waals surface area contributed by atoms with Crippen LogP contribution in [0.1, 0.15) is 6.92 Å². The van der Waals surface area contributed by atoms with Gasteiger partial charge in [0.25, 0.3) is 8.32 Å². The van der Waals surface area contributed by atoms with Crippen molar-refractivity contribution in [3.63, 3.8) is 0 Å². The highest BCUT2D eigenvalue weighted by atomic mass is 35.5. The van der Waals surface area contributed by atoms with Crippen LogP contribution in [0.25, 0.3) is 0 Å². The van der Waals surface area contributed by atoms with Gasteiger partial charge in [-0.3, -0.25) is 0 Å². The van der Waals surface area contributed by atoms with E-state index in [1.165, 1.54) is 0 Å². The molecule has 54 valence electrons. The minimum atomic E-state index is -1.49. The van der Waals surface area contributed by atoms with Gasteiger partial charge < -0.3 is 4.53 Å². The van der Waals surface area contributed by atoms with Crippen LogP contribution >= 0.6 is 11.6 Å². The van der Waals surface area contributed by atoms with Crippen LogP contribution in [0.3, 0.4) is 0 Å². The zero-order chi connectivity index (χ0) is 7.49. The van der Waals surface area contributed by atoms with E-state index >= 15 is 0 Å². The summed E-state index contributed by atoms with van der Waals surface area (Å²) in [6, 6.07) is 0. The van der Waals surface area contributed by atoms with E-state index in [4.69, 9.17) is 16.1 Å². The largest absolute Gasteiger partial charge is 0.455 e. The smallest absolute Gasteiger partial charge is 0.278 e. The van der Waals surface area contributed by atoms with E-state index in [2.05, 4.69) is 24.8 Å². The Labute approximate surface area is 62.0 Å². The number of halogens is 1. The van der Waals surface area contributed by atoms with Crippen LogP contribution in [0, 0.1) is 0 Å². The van der Waals surface area contributed by atoms with Crippen molar-refractivity contribution in [2.75, 3.05) is 0 Å². The van der Waals surface area contributed by atoms with E-state index in [1.807, 2.05) is 0 Å². The Kier molecular flexibility index (Phi) is 3.21. The Morgan fingerprint density at radius 1 is 1.44 bits per heavy atom. The average Bonchev–Trinajstić information content (AvgIpc) is 1.59. The lowest BCUT2D eigenvalue weighted by Gasteiger charge is -2.11. The molecule has 0 aromatic rings. The van der Waals surface area contributed by atoms with Gasteiger partial charge in [0, 0.05) is 0 Å². The van der Waals surface area contributed by atoms with E-state index in [0.717, 1.165) is 0 Å². The molecule has 0 amide bonds. The Morgan fingerprint density at radius 3 is 2.00 bits per heavy atom. The second-order valence-electron chi connectivity index (χ2n) is 2.79. The zero-order valence-corrected chi connectivity index (χ0v) is 7.99. The molecular weight excluding hydrogens is 154 g/mol. The van der Waals surface area contributed by atoms with Gasteiger partial charge >= 0.3 is 0 Å². The maximum atomic E-state index is 5.43. The summed E-state index contributed by atoms with van der Waals surface area (Å²) in [4.78, 5) is 0. The molecule has 4 heteroatoms. The number of hydrogen-bond donors (Lipinski definition) is 0. The maximum absolute atomic E-state index is 5.43. The quantitative estimate of drug-likeness (QED) is 0.350. The van der Waals surface area contributed by atoms with Crippen LogP contribution < -0.4 is 0 Å².